The predicted molar refractivity (Wildman–Crippen MR) is 70.9 cm³/mol. The zero-order valence-corrected chi connectivity index (χ0v) is 11.1. The van der Waals surface area contributed by atoms with Gasteiger partial charge < -0.3 is 0 Å². The van der Waals surface area contributed by atoms with Crippen molar-refractivity contribution in [3.63, 3.8) is 0 Å². The van der Waals surface area contributed by atoms with Crippen molar-refractivity contribution in [2.75, 3.05) is 0 Å². The number of hydrogen-bond acceptors (Lipinski definition) is 1. The van der Waals surface area contributed by atoms with E-state index >= 15 is 0 Å². The van der Waals surface area contributed by atoms with Crippen molar-refractivity contribution in [2.45, 2.75) is 19.0 Å². The van der Waals surface area contributed by atoms with E-state index in [1.165, 1.54) is 24.3 Å². The average Bonchev–Trinajstić information content (AvgIpc) is 2.45. The minimum Gasteiger partial charge on any atom is -0.206 e. The van der Waals surface area contributed by atoms with E-state index < -0.39 is 23.5 Å². The Balaban J connectivity index is 2.37. The van der Waals surface area contributed by atoms with Gasteiger partial charge in [-0.15, -0.1) is 0 Å². The molecule has 0 N–H and O–H groups in total. The van der Waals surface area contributed by atoms with Gasteiger partial charge in [-0.3, -0.25) is 0 Å². The molecular weight excluding hydrogens is 282 g/mol. The van der Waals surface area contributed by atoms with E-state index in [-0.39, 0.29) is 5.56 Å². The van der Waals surface area contributed by atoms with Crippen LogP contribution in [0.2, 0.25) is 0 Å². The lowest BCUT2D eigenvalue weighted by atomic mass is 9.97. The summed E-state index contributed by atoms with van der Waals surface area (Å²) in [5, 5.41) is 8.79. The maximum atomic E-state index is 14.0. The summed E-state index contributed by atoms with van der Waals surface area (Å²) in [5.41, 5.74) is 0.321. The highest BCUT2D eigenvalue weighted by Gasteiger charge is 2.30. The Morgan fingerprint density at radius 1 is 1.05 bits per heavy atom. The molecule has 0 unspecified atom stereocenters. The molecule has 0 saturated heterocycles. The molecule has 0 spiro atoms. The Bertz CT molecular complexity index is 681. The summed E-state index contributed by atoms with van der Waals surface area (Å²) < 4.78 is 51.5. The molecule has 0 aliphatic carbocycles. The van der Waals surface area contributed by atoms with E-state index in [0.717, 1.165) is 12.1 Å². The van der Waals surface area contributed by atoms with E-state index in [2.05, 4.69) is 0 Å². The van der Waals surface area contributed by atoms with Gasteiger partial charge in [0.25, 0.3) is 0 Å². The number of halogens is 4. The fourth-order valence-corrected chi connectivity index (χ4v) is 1.95. The van der Waals surface area contributed by atoms with Gasteiger partial charge in [0.05, 0.1) is 17.6 Å². The molecule has 0 aliphatic rings. The molecule has 0 saturated carbocycles. The molecule has 1 nitrogen and oxygen atoms in total. The second-order valence-electron chi connectivity index (χ2n) is 4.67. The summed E-state index contributed by atoms with van der Waals surface area (Å²) >= 11 is 0. The first kappa shape index (κ1) is 15.0. The van der Waals surface area contributed by atoms with Crippen LogP contribution in [0.25, 0.3) is 11.1 Å². The SMILES string of the molecule is C[C@H](C#N)c1ccc(-c2ccc(C(F)(F)F)cc2)c(F)c1. The van der Waals surface area contributed by atoms with Crippen LogP contribution >= 0.6 is 0 Å². The smallest absolute Gasteiger partial charge is 0.206 e. The zero-order valence-electron chi connectivity index (χ0n) is 11.1. The topological polar surface area (TPSA) is 23.8 Å². The molecule has 0 aliphatic heterocycles. The van der Waals surface area contributed by atoms with Crippen molar-refractivity contribution in [2.24, 2.45) is 0 Å². The van der Waals surface area contributed by atoms with Gasteiger partial charge in [0.15, 0.2) is 0 Å². The first-order chi connectivity index (χ1) is 9.82. The highest BCUT2D eigenvalue weighted by molar-refractivity contribution is 5.65. The minimum atomic E-state index is -4.41. The molecule has 5 heteroatoms. The molecule has 0 radical (unpaired) electrons. The Labute approximate surface area is 119 Å². The molecule has 108 valence electrons. The van der Waals surface area contributed by atoms with Gasteiger partial charge in [-0.2, -0.15) is 18.4 Å². The lowest BCUT2D eigenvalue weighted by molar-refractivity contribution is -0.137. The fourth-order valence-electron chi connectivity index (χ4n) is 1.95. The molecule has 0 fully saturated rings. The van der Waals surface area contributed by atoms with Gasteiger partial charge in [0.1, 0.15) is 5.82 Å². The van der Waals surface area contributed by atoms with Crippen LogP contribution < -0.4 is 0 Å². The number of nitriles is 1. The van der Waals surface area contributed by atoms with E-state index in [1.54, 1.807) is 13.0 Å². The van der Waals surface area contributed by atoms with Crippen molar-refractivity contribution in [1.29, 1.82) is 5.26 Å². The highest BCUT2D eigenvalue weighted by atomic mass is 19.4. The van der Waals surface area contributed by atoms with Crippen LogP contribution in [0.4, 0.5) is 17.6 Å². The largest absolute Gasteiger partial charge is 0.416 e. The van der Waals surface area contributed by atoms with E-state index in [1.807, 2.05) is 6.07 Å². The Kier molecular flexibility index (Phi) is 3.99. The van der Waals surface area contributed by atoms with Crippen LogP contribution in [-0.2, 0) is 6.18 Å². The van der Waals surface area contributed by atoms with Crippen LogP contribution in [0.15, 0.2) is 42.5 Å². The molecule has 21 heavy (non-hydrogen) atoms. The van der Waals surface area contributed by atoms with Crippen molar-refractivity contribution in [3.05, 3.63) is 59.4 Å². The Hall–Kier alpha value is -2.35. The van der Waals surface area contributed by atoms with Gasteiger partial charge in [0, 0.05) is 5.56 Å². The second kappa shape index (κ2) is 5.57. The third-order valence-electron chi connectivity index (χ3n) is 3.21. The van der Waals surface area contributed by atoms with Crippen molar-refractivity contribution < 1.29 is 17.6 Å². The van der Waals surface area contributed by atoms with Crippen molar-refractivity contribution in [3.8, 4) is 17.2 Å². The molecule has 2 rings (SSSR count). The van der Waals surface area contributed by atoms with Crippen LogP contribution in [0.3, 0.4) is 0 Å². The van der Waals surface area contributed by atoms with Crippen LogP contribution in [0, 0.1) is 17.1 Å². The molecule has 0 amide bonds. The molecular formula is C16H11F4N. The van der Waals surface area contributed by atoms with Crippen LogP contribution in [0.5, 0.6) is 0 Å². The fraction of sp³-hybridized carbons (Fsp3) is 0.188. The molecule has 2 aromatic rings. The predicted octanol–water partition coefficient (Wildman–Crippen LogP) is 5.14. The van der Waals surface area contributed by atoms with Gasteiger partial charge >= 0.3 is 6.18 Å². The lowest BCUT2D eigenvalue weighted by Crippen LogP contribution is -2.04. The normalized spacial score (nSPS) is 12.8. The third-order valence-corrected chi connectivity index (χ3v) is 3.21. The maximum absolute atomic E-state index is 14.0. The maximum Gasteiger partial charge on any atom is 0.416 e. The average molecular weight is 293 g/mol. The number of nitrogens with zero attached hydrogens (tertiary/aromatic N) is 1. The van der Waals surface area contributed by atoms with Gasteiger partial charge in [-0.05, 0) is 36.2 Å². The molecule has 0 bridgehead atoms. The van der Waals surface area contributed by atoms with E-state index in [4.69, 9.17) is 5.26 Å². The third kappa shape index (κ3) is 3.22. The summed E-state index contributed by atoms with van der Waals surface area (Å²) in [7, 11) is 0. The summed E-state index contributed by atoms with van der Waals surface area (Å²) in [5.74, 6) is -1.00. The van der Waals surface area contributed by atoms with Crippen LogP contribution in [-0.4, -0.2) is 0 Å². The van der Waals surface area contributed by atoms with Crippen LogP contribution in [0.1, 0.15) is 24.0 Å². The number of alkyl halides is 3. The van der Waals surface area contributed by atoms with Crippen molar-refractivity contribution in [1.82, 2.24) is 0 Å². The van der Waals surface area contributed by atoms with Gasteiger partial charge in [-0.25, -0.2) is 4.39 Å². The number of rotatable bonds is 2. The van der Waals surface area contributed by atoms with Gasteiger partial charge in [0.2, 0.25) is 0 Å². The molecule has 0 heterocycles. The number of benzene rings is 2. The molecule has 2 aromatic carbocycles. The lowest BCUT2D eigenvalue weighted by Gasteiger charge is -2.10. The first-order valence-corrected chi connectivity index (χ1v) is 6.19. The monoisotopic (exact) mass is 293 g/mol. The standard InChI is InChI=1S/C16H11F4N/c1-10(9-21)12-4-7-14(15(17)8-12)11-2-5-13(6-3-11)16(18,19)20/h2-8,10H,1H3/t10-/m1/s1. The summed E-state index contributed by atoms with van der Waals surface area (Å²) in [4.78, 5) is 0. The minimum absolute atomic E-state index is 0.206. The summed E-state index contributed by atoms with van der Waals surface area (Å²) in [6, 6.07) is 10.6. The Morgan fingerprint density at radius 3 is 2.14 bits per heavy atom. The van der Waals surface area contributed by atoms with E-state index in [0.29, 0.717) is 11.1 Å². The highest BCUT2D eigenvalue weighted by Crippen LogP contribution is 2.32. The van der Waals surface area contributed by atoms with E-state index in [9.17, 15) is 17.6 Å². The second-order valence-corrected chi connectivity index (χ2v) is 4.67. The van der Waals surface area contributed by atoms with Crippen molar-refractivity contribution >= 4 is 0 Å². The van der Waals surface area contributed by atoms with Gasteiger partial charge in [-0.1, -0.05) is 24.3 Å². The summed E-state index contributed by atoms with van der Waals surface area (Å²) in [6.07, 6.45) is -4.41. The summed E-state index contributed by atoms with van der Waals surface area (Å²) in [6.45, 7) is 1.65. The number of hydrogen-bond donors (Lipinski definition) is 0. The molecule has 0 aromatic heterocycles. The Morgan fingerprint density at radius 2 is 1.67 bits per heavy atom. The quantitative estimate of drug-likeness (QED) is 0.703. The molecule has 1 atom stereocenters. The first-order valence-electron chi connectivity index (χ1n) is 6.19. The zero-order chi connectivity index (χ0) is 15.6.